The van der Waals surface area contributed by atoms with Crippen LogP contribution in [0.4, 0.5) is 5.82 Å². The van der Waals surface area contributed by atoms with Gasteiger partial charge in [-0.2, -0.15) is 5.10 Å². The molecule has 2 aromatic heterocycles. The number of oxazole rings is 1. The number of nitrogens with zero attached hydrogens (tertiary/aromatic N) is 5. The molecule has 0 aromatic carbocycles. The standard InChI is InChI=1S/C19H29N5O/c1-14(18-20-13-16(25-18)19(2,3)4)24-11-8-15(9-12-24)23(5)17-7-6-10-21-22-17/h6-7,10,13-15H,8-9,11-12H2,1-5H3. The number of anilines is 1. The van der Waals surface area contributed by atoms with Crippen LogP contribution >= 0.6 is 0 Å². The summed E-state index contributed by atoms with van der Waals surface area (Å²) in [4.78, 5) is 9.23. The Labute approximate surface area is 150 Å². The van der Waals surface area contributed by atoms with Crippen molar-refractivity contribution in [3.05, 3.63) is 36.2 Å². The minimum absolute atomic E-state index is 0.00258. The van der Waals surface area contributed by atoms with E-state index in [1.54, 1.807) is 6.20 Å². The third kappa shape index (κ3) is 4.00. The third-order valence-corrected chi connectivity index (χ3v) is 5.13. The molecule has 2 aromatic rings. The molecule has 6 heteroatoms. The van der Waals surface area contributed by atoms with Gasteiger partial charge in [-0.3, -0.25) is 4.90 Å². The van der Waals surface area contributed by atoms with Crippen molar-refractivity contribution in [1.82, 2.24) is 20.1 Å². The fourth-order valence-corrected chi connectivity index (χ4v) is 3.31. The zero-order valence-corrected chi connectivity index (χ0v) is 15.9. The lowest BCUT2D eigenvalue weighted by atomic mass is 9.94. The summed E-state index contributed by atoms with van der Waals surface area (Å²) in [6.07, 6.45) is 5.79. The Balaban J connectivity index is 1.59. The normalized spacial score (nSPS) is 18.3. The van der Waals surface area contributed by atoms with Crippen molar-refractivity contribution >= 4 is 5.82 Å². The summed E-state index contributed by atoms with van der Waals surface area (Å²) < 4.78 is 6.03. The number of rotatable bonds is 4. The van der Waals surface area contributed by atoms with Gasteiger partial charge in [0.05, 0.1) is 12.2 Å². The van der Waals surface area contributed by atoms with E-state index < -0.39 is 0 Å². The third-order valence-electron chi connectivity index (χ3n) is 5.13. The number of likely N-dealkylation sites (tertiary alicyclic amines) is 1. The van der Waals surface area contributed by atoms with Crippen LogP contribution in [0.2, 0.25) is 0 Å². The first-order valence-corrected chi connectivity index (χ1v) is 9.07. The average Bonchev–Trinajstić information content (AvgIpc) is 3.12. The minimum atomic E-state index is -0.00258. The maximum atomic E-state index is 6.03. The number of hydrogen-bond donors (Lipinski definition) is 0. The second-order valence-electron chi connectivity index (χ2n) is 7.95. The molecule has 1 atom stereocenters. The number of hydrogen-bond acceptors (Lipinski definition) is 6. The van der Waals surface area contributed by atoms with E-state index in [1.165, 1.54) is 0 Å². The van der Waals surface area contributed by atoms with Gasteiger partial charge in [0.25, 0.3) is 0 Å². The highest BCUT2D eigenvalue weighted by Crippen LogP contribution is 2.29. The fourth-order valence-electron chi connectivity index (χ4n) is 3.31. The lowest BCUT2D eigenvalue weighted by Crippen LogP contribution is -2.44. The molecule has 0 saturated carbocycles. The second kappa shape index (κ2) is 7.12. The summed E-state index contributed by atoms with van der Waals surface area (Å²) in [7, 11) is 2.11. The fraction of sp³-hybridized carbons (Fsp3) is 0.632. The second-order valence-corrected chi connectivity index (χ2v) is 7.95. The van der Waals surface area contributed by atoms with Gasteiger partial charge in [0, 0.05) is 37.8 Å². The van der Waals surface area contributed by atoms with Crippen LogP contribution in [-0.2, 0) is 5.41 Å². The highest BCUT2D eigenvalue weighted by atomic mass is 16.4. The zero-order chi connectivity index (χ0) is 18.0. The van der Waals surface area contributed by atoms with Crippen LogP contribution in [0.25, 0.3) is 0 Å². The molecule has 0 spiro atoms. The van der Waals surface area contributed by atoms with Gasteiger partial charge >= 0.3 is 0 Å². The molecular weight excluding hydrogens is 314 g/mol. The van der Waals surface area contributed by atoms with E-state index in [2.05, 4.69) is 59.7 Å². The monoisotopic (exact) mass is 343 g/mol. The van der Waals surface area contributed by atoms with Crippen molar-refractivity contribution < 1.29 is 4.42 Å². The number of piperidine rings is 1. The first kappa shape index (κ1) is 17.9. The van der Waals surface area contributed by atoms with E-state index >= 15 is 0 Å². The molecule has 0 aliphatic carbocycles. The number of aromatic nitrogens is 3. The molecule has 1 unspecified atom stereocenters. The molecule has 25 heavy (non-hydrogen) atoms. The zero-order valence-electron chi connectivity index (χ0n) is 15.9. The maximum absolute atomic E-state index is 6.03. The van der Waals surface area contributed by atoms with E-state index in [0.29, 0.717) is 6.04 Å². The van der Waals surface area contributed by atoms with E-state index in [9.17, 15) is 0 Å². The summed E-state index contributed by atoms with van der Waals surface area (Å²) in [5.41, 5.74) is -0.00258. The lowest BCUT2D eigenvalue weighted by molar-refractivity contribution is 0.139. The summed E-state index contributed by atoms with van der Waals surface area (Å²) in [6.45, 7) is 10.7. The Hall–Kier alpha value is -1.95. The van der Waals surface area contributed by atoms with E-state index in [4.69, 9.17) is 4.42 Å². The molecule has 3 rings (SSSR count). The predicted molar refractivity (Wildman–Crippen MR) is 98.6 cm³/mol. The highest BCUT2D eigenvalue weighted by molar-refractivity contribution is 5.36. The maximum Gasteiger partial charge on any atom is 0.211 e. The molecule has 136 valence electrons. The van der Waals surface area contributed by atoms with Gasteiger partial charge in [-0.25, -0.2) is 4.98 Å². The Bertz CT molecular complexity index is 671. The molecule has 1 saturated heterocycles. The van der Waals surface area contributed by atoms with Crippen molar-refractivity contribution in [2.45, 2.75) is 58.0 Å². The Morgan fingerprint density at radius 2 is 2.00 bits per heavy atom. The van der Waals surface area contributed by atoms with E-state index in [1.807, 2.05) is 18.3 Å². The SMILES string of the molecule is CC(c1ncc(C(C)(C)C)o1)N1CCC(N(C)c2cccnn2)CC1. The molecule has 0 amide bonds. The first-order valence-electron chi connectivity index (χ1n) is 9.07. The molecule has 1 aliphatic heterocycles. The minimum Gasteiger partial charge on any atom is -0.443 e. The molecule has 3 heterocycles. The van der Waals surface area contributed by atoms with Crippen LogP contribution in [0.1, 0.15) is 58.2 Å². The highest BCUT2D eigenvalue weighted by Gasteiger charge is 2.29. The summed E-state index contributed by atoms with van der Waals surface area (Å²) in [5.74, 6) is 2.72. The van der Waals surface area contributed by atoms with Gasteiger partial charge in [-0.15, -0.1) is 5.10 Å². The van der Waals surface area contributed by atoms with Crippen LogP contribution in [-0.4, -0.2) is 46.3 Å². The van der Waals surface area contributed by atoms with Crippen molar-refractivity contribution in [2.75, 3.05) is 25.0 Å². The van der Waals surface area contributed by atoms with Gasteiger partial charge < -0.3 is 9.32 Å². The quantitative estimate of drug-likeness (QED) is 0.848. The first-order chi connectivity index (χ1) is 11.9. The lowest BCUT2D eigenvalue weighted by Gasteiger charge is -2.38. The van der Waals surface area contributed by atoms with Crippen LogP contribution in [0, 0.1) is 0 Å². The van der Waals surface area contributed by atoms with E-state index in [-0.39, 0.29) is 11.5 Å². The van der Waals surface area contributed by atoms with Crippen molar-refractivity contribution in [3.8, 4) is 0 Å². The van der Waals surface area contributed by atoms with Crippen LogP contribution in [0.15, 0.2) is 28.9 Å². The van der Waals surface area contributed by atoms with Gasteiger partial charge in [0.1, 0.15) is 5.76 Å². The van der Waals surface area contributed by atoms with Crippen molar-refractivity contribution in [3.63, 3.8) is 0 Å². The summed E-state index contributed by atoms with van der Waals surface area (Å²) in [5, 5.41) is 8.20. The predicted octanol–water partition coefficient (Wildman–Crippen LogP) is 3.42. The summed E-state index contributed by atoms with van der Waals surface area (Å²) >= 11 is 0. The largest absolute Gasteiger partial charge is 0.443 e. The molecule has 0 bridgehead atoms. The molecule has 1 aliphatic rings. The molecule has 6 nitrogen and oxygen atoms in total. The van der Waals surface area contributed by atoms with Gasteiger partial charge in [-0.1, -0.05) is 20.8 Å². The van der Waals surface area contributed by atoms with Crippen LogP contribution in [0.3, 0.4) is 0 Å². The molecule has 0 N–H and O–H groups in total. The Morgan fingerprint density at radius 1 is 1.28 bits per heavy atom. The van der Waals surface area contributed by atoms with E-state index in [0.717, 1.165) is 43.4 Å². The van der Waals surface area contributed by atoms with Gasteiger partial charge in [0.15, 0.2) is 5.82 Å². The van der Waals surface area contributed by atoms with Gasteiger partial charge in [-0.05, 0) is 31.9 Å². The van der Waals surface area contributed by atoms with Crippen molar-refractivity contribution in [2.24, 2.45) is 0 Å². The molecular formula is C19H29N5O. The molecule has 1 fully saturated rings. The van der Waals surface area contributed by atoms with Crippen LogP contribution < -0.4 is 4.90 Å². The topological polar surface area (TPSA) is 58.3 Å². The smallest absolute Gasteiger partial charge is 0.211 e. The van der Waals surface area contributed by atoms with Gasteiger partial charge in [0.2, 0.25) is 5.89 Å². The van der Waals surface area contributed by atoms with Crippen LogP contribution in [0.5, 0.6) is 0 Å². The van der Waals surface area contributed by atoms with Crippen molar-refractivity contribution in [1.29, 1.82) is 0 Å². The average molecular weight is 343 g/mol. The Kier molecular flexibility index (Phi) is 5.08. The Morgan fingerprint density at radius 3 is 2.56 bits per heavy atom. The molecule has 0 radical (unpaired) electrons. The summed E-state index contributed by atoms with van der Waals surface area (Å²) in [6, 6.07) is 4.66.